The molecule has 0 saturated heterocycles. The van der Waals surface area contributed by atoms with E-state index < -0.39 is 11.6 Å². The number of carbonyl (C=O) groups excluding carboxylic acids is 1. The van der Waals surface area contributed by atoms with E-state index in [0.717, 1.165) is 12.3 Å². The molecular formula is C25H31FO3. The minimum atomic E-state index is -0.870. The number of ether oxygens (including phenoxy) is 1. The molecule has 0 aliphatic heterocycles. The lowest BCUT2D eigenvalue weighted by Gasteiger charge is -2.26. The van der Waals surface area contributed by atoms with Crippen LogP contribution < -0.4 is 4.74 Å². The third kappa shape index (κ3) is 5.37. The molecule has 1 fully saturated rings. The van der Waals surface area contributed by atoms with Crippen molar-refractivity contribution in [3.63, 3.8) is 0 Å². The summed E-state index contributed by atoms with van der Waals surface area (Å²) in [5.41, 5.74) is 2.65. The lowest BCUT2D eigenvalue weighted by atomic mass is 9.79. The average molecular weight is 399 g/mol. The van der Waals surface area contributed by atoms with Crippen LogP contribution in [0, 0.1) is 11.7 Å². The largest absolute Gasteiger partial charge is 0.504 e. The molecule has 156 valence electrons. The van der Waals surface area contributed by atoms with Crippen molar-refractivity contribution in [1.29, 1.82) is 0 Å². The summed E-state index contributed by atoms with van der Waals surface area (Å²) in [4.78, 5) is 12.4. The van der Waals surface area contributed by atoms with E-state index in [2.05, 4.69) is 31.2 Å². The van der Waals surface area contributed by atoms with Gasteiger partial charge >= 0.3 is 0 Å². The van der Waals surface area contributed by atoms with E-state index in [9.17, 15) is 14.3 Å². The molecule has 0 unspecified atom stereocenters. The molecule has 1 saturated carbocycles. The molecule has 2 aromatic carbocycles. The quantitative estimate of drug-likeness (QED) is 0.521. The summed E-state index contributed by atoms with van der Waals surface area (Å²) in [6.45, 7) is 4.36. The second-order valence-electron chi connectivity index (χ2n) is 8.18. The molecule has 0 amide bonds. The number of halogens is 1. The van der Waals surface area contributed by atoms with Crippen LogP contribution >= 0.6 is 0 Å². The fraction of sp³-hybridized carbons (Fsp3) is 0.480. The minimum absolute atomic E-state index is 0.0211. The molecule has 3 rings (SSSR count). The van der Waals surface area contributed by atoms with E-state index in [0.29, 0.717) is 18.9 Å². The Morgan fingerprint density at radius 2 is 1.79 bits per heavy atom. The molecule has 0 radical (unpaired) electrons. The van der Waals surface area contributed by atoms with Crippen molar-refractivity contribution in [3.05, 3.63) is 58.9 Å². The molecule has 1 aliphatic carbocycles. The Labute approximate surface area is 172 Å². The fourth-order valence-electron chi connectivity index (χ4n) is 4.18. The molecule has 3 nitrogen and oxygen atoms in total. The number of Topliss-reactive ketones (excluding diaryl/α,β-unsaturated/α-hetero) is 1. The van der Waals surface area contributed by atoms with Gasteiger partial charge in [-0.25, -0.2) is 0 Å². The van der Waals surface area contributed by atoms with Crippen LogP contribution in [0.15, 0.2) is 36.4 Å². The van der Waals surface area contributed by atoms with Crippen LogP contribution in [0.1, 0.15) is 79.8 Å². The maximum atomic E-state index is 14.1. The summed E-state index contributed by atoms with van der Waals surface area (Å²) >= 11 is 0. The van der Waals surface area contributed by atoms with Gasteiger partial charge in [0.15, 0.2) is 17.3 Å². The third-order valence-electron chi connectivity index (χ3n) is 6.02. The monoisotopic (exact) mass is 398 g/mol. The van der Waals surface area contributed by atoms with Gasteiger partial charge in [-0.05, 0) is 67.7 Å². The Balaban J connectivity index is 1.52. The normalized spacial score (nSPS) is 19.1. The number of ketones is 1. The van der Waals surface area contributed by atoms with Crippen molar-refractivity contribution in [2.24, 2.45) is 5.92 Å². The van der Waals surface area contributed by atoms with E-state index in [1.165, 1.54) is 48.9 Å². The molecule has 29 heavy (non-hydrogen) atoms. The van der Waals surface area contributed by atoms with Gasteiger partial charge in [0, 0.05) is 6.42 Å². The summed E-state index contributed by atoms with van der Waals surface area (Å²) in [6, 6.07) is 11.6. The highest BCUT2D eigenvalue weighted by atomic mass is 19.1. The zero-order valence-corrected chi connectivity index (χ0v) is 17.4. The van der Waals surface area contributed by atoms with Crippen LogP contribution in [0.2, 0.25) is 0 Å². The first kappa shape index (κ1) is 21.4. The molecule has 0 heterocycles. The topological polar surface area (TPSA) is 46.5 Å². The van der Waals surface area contributed by atoms with Gasteiger partial charge in [-0.2, -0.15) is 4.39 Å². The smallest absolute Gasteiger partial charge is 0.207 e. The number of hydrogen-bond acceptors (Lipinski definition) is 3. The predicted octanol–water partition coefficient (Wildman–Crippen LogP) is 6.43. The van der Waals surface area contributed by atoms with Gasteiger partial charge in [0.1, 0.15) is 0 Å². The Hall–Kier alpha value is -2.36. The molecule has 1 aliphatic rings. The first-order valence-electron chi connectivity index (χ1n) is 10.8. The highest BCUT2D eigenvalue weighted by Gasteiger charge is 2.20. The second-order valence-corrected chi connectivity index (χ2v) is 8.18. The highest BCUT2D eigenvalue weighted by molar-refractivity contribution is 5.98. The van der Waals surface area contributed by atoms with E-state index >= 15 is 0 Å². The number of carbonyl (C=O) groups is 1. The van der Waals surface area contributed by atoms with Crippen molar-refractivity contribution in [2.45, 2.75) is 64.7 Å². The second kappa shape index (κ2) is 9.91. The lowest BCUT2D eigenvalue weighted by Crippen LogP contribution is -2.10. The summed E-state index contributed by atoms with van der Waals surface area (Å²) in [5.74, 6) is -0.241. The molecule has 0 aromatic heterocycles. The zero-order valence-electron chi connectivity index (χ0n) is 17.4. The number of aryl methyl sites for hydroxylation is 1. The Morgan fingerprint density at radius 3 is 2.45 bits per heavy atom. The minimum Gasteiger partial charge on any atom is -0.504 e. The maximum absolute atomic E-state index is 14.1. The number of phenols is 1. The summed E-state index contributed by atoms with van der Waals surface area (Å²) < 4.78 is 19.2. The number of aromatic hydroxyl groups is 1. The first-order chi connectivity index (χ1) is 14.0. The van der Waals surface area contributed by atoms with Crippen LogP contribution in [0.5, 0.6) is 11.5 Å². The van der Waals surface area contributed by atoms with Crippen LogP contribution in [0.3, 0.4) is 0 Å². The molecular weight excluding hydrogens is 367 g/mol. The first-order valence-corrected chi connectivity index (χ1v) is 10.8. The maximum Gasteiger partial charge on any atom is 0.207 e. The standard InChI is InChI=1S/C25H31FO3/c1-3-29-23-16-15-21(25(28)24(23)26)22(27)6-4-5-18-9-13-20(14-10-18)19-11-7-17(2)8-12-19/h9-10,13-17,19,28H,3-8,11-12H2,1-2H3. The molecule has 1 N–H and O–H groups in total. The SMILES string of the molecule is CCOc1ccc(C(=O)CCCc2ccc(C3CCC(C)CC3)cc2)c(O)c1F. The van der Waals surface area contributed by atoms with Gasteiger partial charge < -0.3 is 9.84 Å². The third-order valence-corrected chi connectivity index (χ3v) is 6.02. The lowest BCUT2D eigenvalue weighted by molar-refractivity contribution is 0.0976. The molecule has 2 aromatic rings. The molecule has 0 atom stereocenters. The van der Waals surface area contributed by atoms with Gasteiger partial charge in [-0.15, -0.1) is 0 Å². The predicted molar refractivity (Wildman–Crippen MR) is 113 cm³/mol. The van der Waals surface area contributed by atoms with Crippen molar-refractivity contribution in [2.75, 3.05) is 6.61 Å². The van der Waals surface area contributed by atoms with Crippen molar-refractivity contribution in [3.8, 4) is 11.5 Å². The number of hydrogen-bond donors (Lipinski definition) is 1. The number of benzene rings is 2. The van der Waals surface area contributed by atoms with Crippen LogP contribution in [-0.4, -0.2) is 17.5 Å². The zero-order chi connectivity index (χ0) is 20.8. The van der Waals surface area contributed by atoms with Crippen LogP contribution in [0.4, 0.5) is 4.39 Å². The molecule has 4 heteroatoms. The van der Waals surface area contributed by atoms with Gasteiger partial charge in [0.05, 0.1) is 12.2 Å². The number of phenolic OH excluding ortho intramolecular Hbond substituents is 1. The van der Waals surface area contributed by atoms with Crippen molar-refractivity contribution >= 4 is 5.78 Å². The highest BCUT2D eigenvalue weighted by Crippen LogP contribution is 2.35. The van der Waals surface area contributed by atoms with Gasteiger partial charge in [-0.1, -0.05) is 44.0 Å². The Morgan fingerprint density at radius 1 is 1.10 bits per heavy atom. The van der Waals surface area contributed by atoms with Gasteiger partial charge in [0.25, 0.3) is 0 Å². The van der Waals surface area contributed by atoms with E-state index in [1.54, 1.807) is 6.92 Å². The summed E-state index contributed by atoms with van der Waals surface area (Å²) in [7, 11) is 0. The molecule has 0 bridgehead atoms. The fourth-order valence-corrected chi connectivity index (χ4v) is 4.18. The van der Waals surface area contributed by atoms with Crippen molar-refractivity contribution < 1.29 is 19.0 Å². The number of rotatable bonds is 8. The summed E-state index contributed by atoms with van der Waals surface area (Å²) in [6.07, 6.45) is 6.89. The Bertz CT molecular complexity index is 821. The van der Waals surface area contributed by atoms with Gasteiger partial charge in [-0.3, -0.25) is 4.79 Å². The molecule has 0 spiro atoms. The Kier molecular flexibility index (Phi) is 7.29. The van der Waals surface area contributed by atoms with E-state index in [1.807, 2.05) is 0 Å². The summed E-state index contributed by atoms with van der Waals surface area (Å²) in [5, 5.41) is 9.99. The van der Waals surface area contributed by atoms with Crippen molar-refractivity contribution in [1.82, 2.24) is 0 Å². The van der Waals surface area contributed by atoms with E-state index in [-0.39, 0.29) is 23.5 Å². The average Bonchev–Trinajstić information content (AvgIpc) is 2.73. The van der Waals surface area contributed by atoms with E-state index in [4.69, 9.17) is 4.74 Å². The van der Waals surface area contributed by atoms with Crippen LogP contribution in [0.25, 0.3) is 0 Å². The van der Waals surface area contributed by atoms with Gasteiger partial charge in [0.2, 0.25) is 5.82 Å². The van der Waals surface area contributed by atoms with Crippen LogP contribution in [-0.2, 0) is 6.42 Å².